The van der Waals surface area contributed by atoms with E-state index in [1.54, 1.807) is 0 Å². The van der Waals surface area contributed by atoms with Gasteiger partial charge in [-0.25, -0.2) is 4.98 Å². The van der Waals surface area contributed by atoms with Crippen LogP contribution in [0.3, 0.4) is 0 Å². The third-order valence-electron chi connectivity index (χ3n) is 4.06. The molecule has 1 N–H and O–H groups in total. The van der Waals surface area contributed by atoms with Gasteiger partial charge in [-0.1, -0.05) is 13.8 Å². The van der Waals surface area contributed by atoms with E-state index in [-0.39, 0.29) is 0 Å². The molecule has 2 unspecified atom stereocenters. The van der Waals surface area contributed by atoms with Gasteiger partial charge in [0.25, 0.3) is 0 Å². The summed E-state index contributed by atoms with van der Waals surface area (Å²) in [5, 5.41) is 3.45. The fourth-order valence-corrected chi connectivity index (χ4v) is 3.14. The first kappa shape index (κ1) is 14.3. The van der Waals surface area contributed by atoms with Crippen molar-refractivity contribution >= 4 is 5.82 Å². The minimum Gasteiger partial charge on any atom is -0.353 e. The molecule has 0 spiro atoms. The van der Waals surface area contributed by atoms with Gasteiger partial charge < -0.3 is 10.2 Å². The quantitative estimate of drug-likeness (QED) is 0.903. The van der Waals surface area contributed by atoms with Crippen molar-refractivity contribution in [3.05, 3.63) is 22.9 Å². The van der Waals surface area contributed by atoms with Crippen LogP contribution in [0.25, 0.3) is 0 Å². The van der Waals surface area contributed by atoms with Crippen LogP contribution in [0.2, 0.25) is 0 Å². The monoisotopic (exact) mass is 261 g/mol. The molecule has 3 heteroatoms. The van der Waals surface area contributed by atoms with Crippen LogP contribution in [0.1, 0.15) is 44.0 Å². The third-order valence-corrected chi connectivity index (χ3v) is 4.06. The van der Waals surface area contributed by atoms with Gasteiger partial charge in [-0.05, 0) is 51.3 Å². The minimum atomic E-state index is 0.601. The lowest BCUT2D eigenvalue weighted by Gasteiger charge is -2.27. The summed E-state index contributed by atoms with van der Waals surface area (Å²) in [7, 11) is 0. The Balaban J connectivity index is 2.36. The molecule has 2 atom stereocenters. The van der Waals surface area contributed by atoms with Crippen molar-refractivity contribution in [3.8, 4) is 0 Å². The van der Waals surface area contributed by atoms with Crippen molar-refractivity contribution < 1.29 is 0 Å². The zero-order valence-electron chi connectivity index (χ0n) is 13.0. The van der Waals surface area contributed by atoms with E-state index in [9.17, 15) is 0 Å². The lowest BCUT2D eigenvalue weighted by Crippen LogP contribution is -2.30. The van der Waals surface area contributed by atoms with Gasteiger partial charge in [0.05, 0.1) is 0 Å². The molecule has 2 heterocycles. The maximum Gasteiger partial charge on any atom is 0.133 e. The molecule has 0 amide bonds. The van der Waals surface area contributed by atoms with Crippen LogP contribution in [0.5, 0.6) is 0 Å². The maximum absolute atomic E-state index is 4.84. The number of nitrogens with zero attached hydrogens (tertiary/aromatic N) is 2. The molecule has 1 aromatic rings. The zero-order valence-corrected chi connectivity index (χ0v) is 13.0. The molecule has 106 valence electrons. The normalized spacial score (nSPS) is 23.1. The summed E-state index contributed by atoms with van der Waals surface area (Å²) >= 11 is 0. The van der Waals surface area contributed by atoms with Crippen LogP contribution in [0.15, 0.2) is 6.07 Å². The molecule has 0 saturated carbocycles. The van der Waals surface area contributed by atoms with Gasteiger partial charge in [0.1, 0.15) is 5.82 Å². The van der Waals surface area contributed by atoms with Crippen LogP contribution >= 0.6 is 0 Å². The van der Waals surface area contributed by atoms with E-state index in [2.05, 4.69) is 50.9 Å². The Morgan fingerprint density at radius 2 is 2.11 bits per heavy atom. The second-order valence-electron chi connectivity index (χ2n) is 6.01. The van der Waals surface area contributed by atoms with Crippen LogP contribution in [0, 0.1) is 19.8 Å². The van der Waals surface area contributed by atoms with Crippen LogP contribution in [0.4, 0.5) is 5.82 Å². The van der Waals surface area contributed by atoms with Crippen molar-refractivity contribution in [2.45, 2.75) is 53.6 Å². The molecule has 0 aromatic carbocycles. The molecule has 0 bridgehead atoms. The Labute approximate surface area is 117 Å². The standard InChI is InChI=1S/C16H27N3/c1-6-17-9-15-12(3)8-13(4)18-16(15)19-10-11(2)7-14(19)5/h8,11,14,17H,6-7,9-10H2,1-5H3. The summed E-state index contributed by atoms with van der Waals surface area (Å²) < 4.78 is 0. The second-order valence-corrected chi connectivity index (χ2v) is 6.01. The summed E-state index contributed by atoms with van der Waals surface area (Å²) in [6.07, 6.45) is 1.27. The number of pyridine rings is 1. The van der Waals surface area contributed by atoms with E-state index < -0.39 is 0 Å². The summed E-state index contributed by atoms with van der Waals surface area (Å²) in [5.41, 5.74) is 3.85. The van der Waals surface area contributed by atoms with Crippen molar-refractivity contribution in [1.82, 2.24) is 10.3 Å². The Bertz CT molecular complexity index is 442. The molecule has 0 aliphatic carbocycles. The molecule has 3 nitrogen and oxygen atoms in total. The van der Waals surface area contributed by atoms with Gasteiger partial charge >= 0.3 is 0 Å². The van der Waals surface area contributed by atoms with E-state index in [4.69, 9.17) is 4.98 Å². The highest BCUT2D eigenvalue weighted by molar-refractivity contribution is 5.53. The van der Waals surface area contributed by atoms with Gasteiger partial charge in [-0.3, -0.25) is 0 Å². The number of aromatic nitrogens is 1. The number of hydrogen-bond donors (Lipinski definition) is 1. The first-order valence-electron chi connectivity index (χ1n) is 7.47. The third kappa shape index (κ3) is 3.08. The SMILES string of the molecule is CCNCc1c(C)cc(C)nc1N1CC(C)CC1C. The van der Waals surface area contributed by atoms with E-state index >= 15 is 0 Å². The number of aryl methyl sites for hydroxylation is 2. The van der Waals surface area contributed by atoms with Crippen LogP contribution < -0.4 is 10.2 Å². The molecule has 2 rings (SSSR count). The Hall–Kier alpha value is -1.09. The van der Waals surface area contributed by atoms with Gasteiger partial charge in [-0.15, -0.1) is 0 Å². The van der Waals surface area contributed by atoms with Crippen molar-refractivity contribution in [2.75, 3.05) is 18.0 Å². The van der Waals surface area contributed by atoms with Crippen molar-refractivity contribution in [3.63, 3.8) is 0 Å². The fourth-order valence-electron chi connectivity index (χ4n) is 3.14. The highest BCUT2D eigenvalue weighted by Gasteiger charge is 2.29. The van der Waals surface area contributed by atoms with Crippen molar-refractivity contribution in [1.29, 1.82) is 0 Å². The number of anilines is 1. The summed E-state index contributed by atoms with van der Waals surface area (Å²) in [6.45, 7) is 14.2. The lowest BCUT2D eigenvalue weighted by molar-refractivity contribution is 0.624. The van der Waals surface area contributed by atoms with E-state index in [1.807, 2.05) is 0 Å². The highest BCUT2D eigenvalue weighted by atomic mass is 15.2. The molecule has 1 aromatic heterocycles. The fraction of sp³-hybridized carbons (Fsp3) is 0.688. The molecule has 1 fully saturated rings. The Morgan fingerprint density at radius 3 is 2.68 bits per heavy atom. The number of rotatable bonds is 4. The largest absolute Gasteiger partial charge is 0.353 e. The van der Waals surface area contributed by atoms with Gasteiger partial charge in [0.15, 0.2) is 0 Å². The molecule has 1 aliphatic rings. The topological polar surface area (TPSA) is 28.2 Å². The smallest absolute Gasteiger partial charge is 0.133 e. The summed E-state index contributed by atoms with van der Waals surface area (Å²) in [4.78, 5) is 7.34. The molecular weight excluding hydrogens is 234 g/mol. The maximum atomic E-state index is 4.84. The summed E-state index contributed by atoms with van der Waals surface area (Å²) in [5.74, 6) is 1.97. The predicted octanol–water partition coefficient (Wildman–Crippen LogP) is 3.04. The van der Waals surface area contributed by atoms with E-state index in [0.717, 1.165) is 31.2 Å². The lowest BCUT2D eigenvalue weighted by atomic mass is 10.1. The van der Waals surface area contributed by atoms with E-state index in [0.29, 0.717) is 6.04 Å². The van der Waals surface area contributed by atoms with Gasteiger partial charge in [0, 0.05) is 30.4 Å². The minimum absolute atomic E-state index is 0.601. The second kappa shape index (κ2) is 5.91. The van der Waals surface area contributed by atoms with Crippen LogP contribution in [-0.4, -0.2) is 24.1 Å². The van der Waals surface area contributed by atoms with Gasteiger partial charge in [-0.2, -0.15) is 0 Å². The molecule has 1 aliphatic heterocycles. The Kier molecular flexibility index (Phi) is 4.46. The first-order chi connectivity index (χ1) is 9.02. The average molecular weight is 261 g/mol. The van der Waals surface area contributed by atoms with Crippen LogP contribution in [-0.2, 0) is 6.54 Å². The average Bonchev–Trinajstić information content (AvgIpc) is 2.66. The first-order valence-corrected chi connectivity index (χ1v) is 7.47. The molecular formula is C16H27N3. The molecule has 19 heavy (non-hydrogen) atoms. The molecule has 0 radical (unpaired) electrons. The number of hydrogen-bond acceptors (Lipinski definition) is 3. The molecule has 1 saturated heterocycles. The van der Waals surface area contributed by atoms with E-state index in [1.165, 1.54) is 23.4 Å². The zero-order chi connectivity index (χ0) is 14.0. The highest BCUT2D eigenvalue weighted by Crippen LogP contribution is 2.31. The Morgan fingerprint density at radius 1 is 1.37 bits per heavy atom. The van der Waals surface area contributed by atoms with Crippen molar-refractivity contribution in [2.24, 2.45) is 5.92 Å². The summed E-state index contributed by atoms with van der Waals surface area (Å²) in [6, 6.07) is 2.80. The van der Waals surface area contributed by atoms with Gasteiger partial charge in [0.2, 0.25) is 0 Å². The predicted molar refractivity (Wildman–Crippen MR) is 81.7 cm³/mol. The number of nitrogens with one attached hydrogen (secondary N) is 1.